The summed E-state index contributed by atoms with van der Waals surface area (Å²) in [7, 11) is 0. The highest BCUT2D eigenvalue weighted by molar-refractivity contribution is 5.94. The Morgan fingerprint density at radius 2 is 1.29 bits per heavy atom. The molecule has 0 saturated carbocycles. The molecule has 0 aromatic heterocycles. The number of oxime groups is 1. The molecule has 0 heterocycles. The molecule has 0 rings (SSSR count). The quantitative estimate of drug-likeness (QED) is 0.160. The molecule has 0 aliphatic rings. The molecular formula is C8H5F6NO6. The van der Waals surface area contributed by atoms with Crippen molar-refractivity contribution >= 4 is 23.8 Å². The number of hydrogen-bond acceptors (Lipinski definition) is 7. The van der Waals surface area contributed by atoms with Crippen LogP contribution in [0.5, 0.6) is 0 Å². The third-order valence-corrected chi connectivity index (χ3v) is 1.53. The number of hydrogen-bond donors (Lipinski definition) is 1. The number of rotatable bonds is 3. The van der Waals surface area contributed by atoms with Crippen LogP contribution in [0.3, 0.4) is 0 Å². The summed E-state index contributed by atoms with van der Waals surface area (Å²) in [5, 5.41) is 10.3. The minimum atomic E-state index is -5.44. The number of halogens is 6. The standard InChI is InChI=1S/C8H5F6NO6/c9-7(10,11)5(17)20-3(15-19)1-2-4(16)21-6(18)8(12,13)14/h19H,1-2H2/b15-3-. The summed E-state index contributed by atoms with van der Waals surface area (Å²) in [5.74, 6) is -8.67. The molecule has 0 aromatic carbocycles. The molecule has 21 heavy (non-hydrogen) atoms. The van der Waals surface area contributed by atoms with Gasteiger partial charge in [0.05, 0.1) is 6.42 Å². The number of nitrogens with zero attached hydrogens (tertiary/aromatic N) is 1. The van der Waals surface area contributed by atoms with Crippen LogP contribution in [0.15, 0.2) is 5.16 Å². The van der Waals surface area contributed by atoms with Crippen molar-refractivity contribution in [3.8, 4) is 0 Å². The van der Waals surface area contributed by atoms with Crippen molar-refractivity contribution in [3.05, 3.63) is 0 Å². The van der Waals surface area contributed by atoms with Gasteiger partial charge in [0.1, 0.15) is 0 Å². The normalized spacial score (nSPS) is 12.8. The van der Waals surface area contributed by atoms with E-state index in [1.807, 2.05) is 0 Å². The van der Waals surface area contributed by atoms with Crippen molar-refractivity contribution in [2.75, 3.05) is 0 Å². The largest absolute Gasteiger partial charge is 0.491 e. The number of carbonyl (C=O) groups excluding carboxylic acids is 3. The van der Waals surface area contributed by atoms with Gasteiger partial charge in [-0.25, -0.2) is 9.59 Å². The second-order valence-corrected chi connectivity index (χ2v) is 3.14. The van der Waals surface area contributed by atoms with E-state index >= 15 is 0 Å². The van der Waals surface area contributed by atoms with E-state index in [1.165, 1.54) is 0 Å². The topological polar surface area (TPSA) is 102 Å². The van der Waals surface area contributed by atoms with Crippen molar-refractivity contribution in [2.45, 2.75) is 25.2 Å². The van der Waals surface area contributed by atoms with Crippen LogP contribution in [0.25, 0.3) is 0 Å². The van der Waals surface area contributed by atoms with Crippen LogP contribution in [-0.2, 0) is 23.9 Å². The highest BCUT2D eigenvalue weighted by Gasteiger charge is 2.43. The van der Waals surface area contributed by atoms with Gasteiger partial charge in [-0.1, -0.05) is 5.16 Å². The molecule has 120 valence electrons. The van der Waals surface area contributed by atoms with Crippen molar-refractivity contribution < 1.29 is 55.4 Å². The van der Waals surface area contributed by atoms with Crippen LogP contribution < -0.4 is 0 Å². The first-order valence-corrected chi connectivity index (χ1v) is 4.69. The Bertz CT molecular complexity index is 453. The Morgan fingerprint density at radius 1 is 0.857 bits per heavy atom. The maximum atomic E-state index is 11.8. The van der Waals surface area contributed by atoms with Crippen LogP contribution in [-0.4, -0.2) is 41.4 Å². The molecule has 0 aromatic rings. The molecule has 0 atom stereocenters. The molecular weight excluding hydrogens is 320 g/mol. The van der Waals surface area contributed by atoms with Crippen LogP contribution >= 0.6 is 0 Å². The van der Waals surface area contributed by atoms with Gasteiger partial charge in [-0.2, -0.15) is 26.3 Å². The van der Waals surface area contributed by atoms with E-state index in [0.717, 1.165) is 0 Å². The molecule has 0 radical (unpaired) electrons. The molecule has 1 N–H and O–H groups in total. The van der Waals surface area contributed by atoms with E-state index in [2.05, 4.69) is 14.6 Å². The Hall–Kier alpha value is -2.34. The lowest BCUT2D eigenvalue weighted by Gasteiger charge is -2.08. The third-order valence-electron chi connectivity index (χ3n) is 1.53. The first-order chi connectivity index (χ1) is 9.37. The molecule has 0 amide bonds. The minimum absolute atomic E-state index is 1.01. The lowest BCUT2D eigenvalue weighted by molar-refractivity contribution is -0.201. The Labute approximate surface area is 111 Å². The van der Waals surface area contributed by atoms with E-state index < -0.39 is 49.0 Å². The monoisotopic (exact) mass is 325 g/mol. The first-order valence-electron chi connectivity index (χ1n) is 4.69. The summed E-state index contributed by atoms with van der Waals surface area (Å²) in [6.45, 7) is 0. The van der Waals surface area contributed by atoms with Crippen LogP contribution in [0.4, 0.5) is 26.3 Å². The van der Waals surface area contributed by atoms with Crippen molar-refractivity contribution in [3.63, 3.8) is 0 Å². The van der Waals surface area contributed by atoms with Crippen molar-refractivity contribution in [1.29, 1.82) is 0 Å². The van der Waals surface area contributed by atoms with Gasteiger partial charge in [-0.15, -0.1) is 0 Å². The van der Waals surface area contributed by atoms with Gasteiger partial charge in [-0.3, -0.25) is 4.79 Å². The fourth-order valence-electron chi connectivity index (χ4n) is 0.708. The number of esters is 3. The highest BCUT2D eigenvalue weighted by Crippen LogP contribution is 2.18. The van der Waals surface area contributed by atoms with Gasteiger partial charge in [0.15, 0.2) is 0 Å². The Balaban J connectivity index is 4.40. The van der Waals surface area contributed by atoms with E-state index in [0.29, 0.717) is 0 Å². The zero-order chi connectivity index (χ0) is 16.8. The van der Waals surface area contributed by atoms with Crippen LogP contribution in [0.2, 0.25) is 0 Å². The maximum Gasteiger partial charge on any atom is 0.491 e. The van der Waals surface area contributed by atoms with Gasteiger partial charge in [0.25, 0.3) is 0 Å². The molecule has 0 spiro atoms. The van der Waals surface area contributed by atoms with Crippen LogP contribution in [0, 0.1) is 0 Å². The van der Waals surface area contributed by atoms with Crippen LogP contribution in [0.1, 0.15) is 12.8 Å². The average Bonchev–Trinajstić information content (AvgIpc) is 2.31. The molecule has 0 fully saturated rings. The number of alkyl halides is 6. The number of carbonyl (C=O) groups is 3. The number of ether oxygens (including phenoxy) is 2. The summed E-state index contributed by atoms with van der Waals surface area (Å²) in [4.78, 5) is 31.3. The van der Waals surface area contributed by atoms with Gasteiger partial charge < -0.3 is 14.7 Å². The second kappa shape index (κ2) is 6.90. The van der Waals surface area contributed by atoms with E-state index in [9.17, 15) is 40.7 Å². The minimum Gasteiger partial charge on any atom is -0.408 e. The van der Waals surface area contributed by atoms with Gasteiger partial charge in [-0.05, 0) is 0 Å². The predicted octanol–water partition coefficient (Wildman–Crippen LogP) is 1.29. The molecule has 0 bridgehead atoms. The lowest BCUT2D eigenvalue weighted by atomic mass is 10.3. The molecule has 13 heteroatoms. The first kappa shape index (κ1) is 18.7. The Kier molecular flexibility index (Phi) is 6.13. The average molecular weight is 325 g/mol. The van der Waals surface area contributed by atoms with Gasteiger partial charge in [0.2, 0.25) is 5.90 Å². The summed E-state index contributed by atoms with van der Waals surface area (Å²) in [6.07, 6.45) is -13.0. The second-order valence-electron chi connectivity index (χ2n) is 3.14. The van der Waals surface area contributed by atoms with Crippen molar-refractivity contribution in [2.24, 2.45) is 5.16 Å². The summed E-state index contributed by atoms with van der Waals surface area (Å²) >= 11 is 0. The summed E-state index contributed by atoms with van der Waals surface area (Å²) < 4.78 is 77.2. The highest BCUT2D eigenvalue weighted by atomic mass is 19.4. The zero-order valence-corrected chi connectivity index (χ0v) is 9.62. The van der Waals surface area contributed by atoms with E-state index in [-0.39, 0.29) is 0 Å². The fourth-order valence-corrected chi connectivity index (χ4v) is 0.708. The van der Waals surface area contributed by atoms with E-state index in [1.54, 1.807) is 0 Å². The lowest BCUT2D eigenvalue weighted by Crippen LogP contribution is -2.29. The Morgan fingerprint density at radius 3 is 1.67 bits per heavy atom. The zero-order valence-electron chi connectivity index (χ0n) is 9.62. The predicted molar refractivity (Wildman–Crippen MR) is 47.8 cm³/mol. The van der Waals surface area contributed by atoms with E-state index in [4.69, 9.17) is 5.21 Å². The fraction of sp³-hybridized carbons (Fsp3) is 0.500. The molecule has 0 saturated heterocycles. The maximum absolute atomic E-state index is 11.8. The summed E-state index contributed by atoms with van der Waals surface area (Å²) in [5.41, 5.74) is 0. The smallest absolute Gasteiger partial charge is 0.408 e. The molecule has 0 aliphatic carbocycles. The summed E-state index contributed by atoms with van der Waals surface area (Å²) in [6, 6.07) is 0. The third kappa shape index (κ3) is 7.12. The SMILES string of the molecule is O=C(CC/C(=N/O)OC(=O)C(F)(F)F)OC(=O)C(F)(F)F. The van der Waals surface area contributed by atoms with Crippen molar-refractivity contribution in [1.82, 2.24) is 0 Å². The molecule has 7 nitrogen and oxygen atoms in total. The van der Waals surface area contributed by atoms with Gasteiger partial charge in [0, 0.05) is 6.42 Å². The van der Waals surface area contributed by atoms with Gasteiger partial charge >= 0.3 is 30.3 Å². The molecule has 0 aliphatic heterocycles. The molecule has 0 unspecified atom stereocenters.